The lowest BCUT2D eigenvalue weighted by Gasteiger charge is -2.11. The average Bonchev–Trinajstić information content (AvgIpc) is 2.12. The third-order valence-electron chi connectivity index (χ3n) is 2.37. The third kappa shape index (κ3) is 1.91. The maximum Gasteiger partial charge on any atom is 0.133 e. The van der Waals surface area contributed by atoms with Crippen LogP contribution in [0.1, 0.15) is 22.3 Å². The quantitative estimate of drug-likeness (QED) is 0.824. The highest BCUT2D eigenvalue weighted by molar-refractivity contribution is 9.09. The summed E-state index contributed by atoms with van der Waals surface area (Å²) < 4.78 is 0. The highest BCUT2D eigenvalue weighted by Gasteiger charge is 2.11. The lowest BCUT2D eigenvalue weighted by molar-refractivity contribution is 0.472. The van der Waals surface area contributed by atoms with Gasteiger partial charge in [0.1, 0.15) is 11.8 Å². The number of halogens is 1. The second kappa shape index (κ2) is 4.47. The van der Waals surface area contributed by atoms with E-state index in [9.17, 15) is 5.11 Å². The van der Waals surface area contributed by atoms with Gasteiger partial charge < -0.3 is 5.11 Å². The zero-order valence-corrected chi connectivity index (χ0v) is 9.85. The van der Waals surface area contributed by atoms with Gasteiger partial charge >= 0.3 is 0 Å². The van der Waals surface area contributed by atoms with E-state index in [1.54, 1.807) is 6.07 Å². The first kappa shape index (κ1) is 11.1. The number of nitriles is 1. The molecule has 0 saturated heterocycles. The van der Waals surface area contributed by atoms with Crippen molar-refractivity contribution in [2.24, 2.45) is 0 Å². The van der Waals surface area contributed by atoms with Crippen LogP contribution in [0.2, 0.25) is 0 Å². The van der Waals surface area contributed by atoms with Gasteiger partial charge in [-0.15, -0.1) is 0 Å². The average molecular weight is 254 g/mol. The highest BCUT2D eigenvalue weighted by atomic mass is 79.9. The van der Waals surface area contributed by atoms with E-state index in [4.69, 9.17) is 5.26 Å². The number of aryl methyl sites for hydroxylation is 1. The minimum atomic E-state index is 0.0841. The van der Waals surface area contributed by atoms with Gasteiger partial charge in [0.2, 0.25) is 0 Å². The first-order valence-electron chi connectivity index (χ1n) is 4.40. The molecular weight excluding hydrogens is 242 g/mol. The molecule has 0 saturated carbocycles. The predicted octanol–water partition coefficient (Wildman–Crippen LogP) is 2.82. The summed E-state index contributed by atoms with van der Waals surface area (Å²) in [6.45, 7) is 3.83. The molecular formula is C11H12BrNO. The number of hydrogen-bond acceptors (Lipinski definition) is 2. The van der Waals surface area contributed by atoms with Gasteiger partial charge in [-0.1, -0.05) is 15.9 Å². The van der Waals surface area contributed by atoms with Crippen molar-refractivity contribution in [2.75, 3.05) is 5.33 Å². The summed E-state index contributed by atoms with van der Waals surface area (Å²) in [5.41, 5.74) is 3.48. The van der Waals surface area contributed by atoms with Gasteiger partial charge in [0.05, 0.1) is 5.56 Å². The Kier molecular flexibility index (Phi) is 3.54. The number of rotatable bonds is 2. The van der Waals surface area contributed by atoms with Crippen molar-refractivity contribution in [3.8, 4) is 11.8 Å². The Bertz CT molecular complexity index is 393. The molecule has 0 spiro atoms. The Morgan fingerprint density at radius 3 is 2.64 bits per heavy atom. The molecule has 0 aliphatic heterocycles. The van der Waals surface area contributed by atoms with Gasteiger partial charge in [-0.2, -0.15) is 5.26 Å². The van der Waals surface area contributed by atoms with E-state index < -0.39 is 0 Å². The van der Waals surface area contributed by atoms with Gasteiger partial charge in [-0.3, -0.25) is 0 Å². The summed E-state index contributed by atoms with van der Waals surface area (Å²) >= 11 is 3.37. The van der Waals surface area contributed by atoms with Crippen LogP contribution in [0, 0.1) is 25.2 Å². The molecule has 0 fully saturated rings. The first-order chi connectivity index (χ1) is 6.61. The van der Waals surface area contributed by atoms with Crippen LogP contribution in [0.4, 0.5) is 0 Å². The van der Waals surface area contributed by atoms with Gasteiger partial charge in [-0.05, 0) is 43.0 Å². The second-order valence-electron chi connectivity index (χ2n) is 3.24. The third-order valence-corrected chi connectivity index (χ3v) is 2.77. The summed E-state index contributed by atoms with van der Waals surface area (Å²) in [6.07, 6.45) is 0.882. The van der Waals surface area contributed by atoms with Crippen LogP contribution in [0.5, 0.6) is 5.75 Å². The highest BCUT2D eigenvalue weighted by Crippen LogP contribution is 2.27. The smallest absolute Gasteiger partial charge is 0.133 e. The molecule has 1 rings (SSSR count). The number of hydrogen-bond donors (Lipinski definition) is 1. The van der Waals surface area contributed by atoms with Gasteiger partial charge in [0.15, 0.2) is 0 Å². The molecule has 0 unspecified atom stereocenters. The van der Waals surface area contributed by atoms with Crippen LogP contribution in [0.15, 0.2) is 6.07 Å². The van der Waals surface area contributed by atoms with Crippen LogP contribution in [0.3, 0.4) is 0 Å². The molecule has 1 aromatic carbocycles. The second-order valence-corrected chi connectivity index (χ2v) is 4.03. The molecule has 1 aromatic rings. The van der Waals surface area contributed by atoms with Crippen molar-refractivity contribution in [1.82, 2.24) is 0 Å². The standard InChI is InChI=1S/C11H12BrNO/c1-7-5-11(14)10(6-13)8(2)9(7)3-4-12/h5,14H,3-4H2,1-2H3. The number of phenols is 1. The summed E-state index contributed by atoms with van der Waals surface area (Å²) in [6, 6.07) is 3.68. The van der Waals surface area contributed by atoms with E-state index in [0.717, 1.165) is 28.4 Å². The van der Waals surface area contributed by atoms with Crippen molar-refractivity contribution in [3.05, 3.63) is 28.3 Å². The fourth-order valence-electron chi connectivity index (χ4n) is 1.62. The molecule has 0 aliphatic rings. The molecule has 14 heavy (non-hydrogen) atoms. The molecule has 0 amide bonds. The molecule has 1 N–H and O–H groups in total. The Balaban J connectivity index is 3.38. The number of nitrogens with zero attached hydrogens (tertiary/aromatic N) is 1. The maximum absolute atomic E-state index is 9.53. The molecule has 0 bridgehead atoms. The largest absolute Gasteiger partial charge is 0.507 e. The van der Waals surface area contributed by atoms with Gasteiger partial charge in [-0.25, -0.2) is 0 Å². The summed E-state index contributed by atoms with van der Waals surface area (Å²) in [5.74, 6) is 0.0841. The maximum atomic E-state index is 9.53. The fourth-order valence-corrected chi connectivity index (χ4v) is 2.02. The van der Waals surface area contributed by atoms with Crippen LogP contribution in [-0.4, -0.2) is 10.4 Å². The summed E-state index contributed by atoms with van der Waals surface area (Å²) in [4.78, 5) is 0. The fraction of sp³-hybridized carbons (Fsp3) is 0.364. The van der Waals surface area contributed by atoms with Crippen LogP contribution in [0.25, 0.3) is 0 Å². The number of aromatic hydroxyl groups is 1. The van der Waals surface area contributed by atoms with E-state index in [1.165, 1.54) is 0 Å². The van der Waals surface area contributed by atoms with E-state index >= 15 is 0 Å². The van der Waals surface area contributed by atoms with E-state index in [-0.39, 0.29) is 5.75 Å². The molecule has 3 heteroatoms. The van der Waals surface area contributed by atoms with Crippen LogP contribution >= 0.6 is 15.9 Å². The minimum absolute atomic E-state index is 0.0841. The summed E-state index contributed by atoms with van der Waals surface area (Å²) in [5, 5.41) is 19.3. The van der Waals surface area contributed by atoms with Crippen molar-refractivity contribution in [3.63, 3.8) is 0 Å². The number of alkyl halides is 1. The van der Waals surface area contributed by atoms with Gasteiger partial charge in [0, 0.05) is 5.33 Å². The Labute approximate surface area is 92.3 Å². The lowest BCUT2D eigenvalue weighted by atomic mass is 9.95. The van der Waals surface area contributed by atoms with Crippen molar-refractivity contribution in [1.29, 1.82) is 5.26 Å². The molecule has 0 heterocycles. The Morgan fingerprint density at radius 2 is 2.14 bits per heavy atom. The molecule has 0 atom stereocenters. The van der Waals surface area contributed by atoms with Crippen LogP contribution in [-0.2, 0) is 6.42 Å². The topological polar surface area (TPSA) is 44.0 Å². The molecule has 0 radical (unpaired) electrons. The van der Waals surface area contributed by atoms with Gasteiger partial charge in [0.25, 0.3) is 0 Å². The monoisotopic (exact) mass is 253 g/mol. The number of benzene rings is 1. The Morgan fingerprint density at radius 1 is 1.50 bits per heavy atom. The Hall–Kier alpha value is -1.01. The SMILES string of the molecule is Cc1cc(O)c(C#N)c(C)c1CCBr. The van der Waals surface area contributed by atoms with E-state index in [1.807, 2.05) is 19.9 Å². The van der Waals surface area contributed by atoms with E-state index in [2.05, 4.69) is 15.9 Å². The molecule has 0 aliphatic carbocycles. The molecule has 74 valence electrons. The van der Waals surface area contributed by atoms with Crippen LogP contribution < -0.4 is 0 Å². The lowest BCUT2D eigenvalue weighted by Crippen LogP contribution is -1.98. The van der Waals surface area contributed by atoms with Crippen molar-refractivity contribution < 1.29 is 5.11 Å². The number of phenolic OH excluding ortho intramolecular Hbond substituents is 1. The normalized spacial score (nSPS) is 9.86. The predicted molar refractivity (Wildman–Crippen MR) is 59.8 cm³/mol. The zero-order valence-electron chi connectivity index (χ0n) is 8.26. The molecule has 2 nitrogen and oxygen atoms in total. The first-order valence-corrected chi connectivity index (χ1v) is 5.52. The summed E-state index contributed by atoms with van der Waals surface area (Å²) in [7, 11) is 0. The van der Waals surface area contributed by atoms with E-state index in [0.29, 0.717) is 5.56 Å². The zero-order chi connectivity index (χ0) is 10.7. The van der Waals surface area contributed by atoms with Crippen molar-refractivity contribution in [2.45, 2.75) is 20.3 Å². The molecule has 0 aromatic heterocycles. The van der Waals surface area contributed by atoms with Crippen molar-refractivity contribution >= 4 is 15.9 Å². The minimum Gasteiger partial charge on any atom is -0.507 e.